The molecule has 1 fully saturated rings. The van der Waals surface area contributed by atoms with Gasteiger partial charge in [0, 0.05) is 6.54 Å². The minimum atomic E-state index is -0.186. The average molecular weight is 278 g/mol. The maximum atomic E-state index is 11.9. The van der Waals surface area contributed by atoms with Crippen molar-refractivity contribution in [1.82, 2.24) is 20.4 Å². The van der Waals surface area contributed by atoms with E-state index < -0.39 is 0 Å². The van der Waals surface area contributed by atoms with Crippen LogP contribution in [-0.2, 0) is 0 Å². The molecule has 1 aliphatic rings. The molecule has 1 saturated heterocycles. The van der Waals surface area contributed by atoms with Gasteiger partial charge in [-0.3, -0.25) is 4.79 Å². The quantitative estimate of drug-likeness (QED) is 0.527. The second-order valence-electron chi connectivity index (χ2n) is 5.24. The molecule has 0 unspecified atom stereocenters. The van der Waals surface area contributed by atoms with Crippen LogP contribution in [0.5, 0.6) is 0 Å². The standard InChI is InChI=1S/C13H22N6O/c1-19-8-5-10(6-9-19)4-7-15-13(20)11-2-3-12(16-14)18-17-11/h2-3,10H,4-9,14H2,1H3,(H,15,20)(H,16,18). The zero-order chi connectivity index (χ0) is 14.4. The van der Waals surface area contributed by atoms with Crippen molar-refractivity contribution < 1.29 is 4.79 Å². The van der Waals surface area contributed by atoms with Crippen molar-refractivity contribution in [3.8, 4) is 0 Å². The molecule has 0 saturated carbocycles. The van der Waals surface area contributed by atoms with Gasteiger partial charge in [-0.2, -0.15) is 0 Å². The summed E-state index contributed by atoms with van der Waals surface area (Å²) in [6, 6.07) is 3.23. The number of nitrogens with zero attached hydrogens (tertiary/aromatic N) is 3. The monoisotopic (exact) mass is 278 g/mol. The van der Waals surface area contributed by atoms with Gasteiger partial charge in [0.2, 0.25) is 0 Å². The summed E-state index contributed by atoms with van der Waals surface area (Å²) < 4.78 is 0. The van der Waals surface area contributed by atoms with Crippen molar-refractivity contribution in [2.24, 2.45) is 11.8 Å². The maximum Gasteiger partial charge on any atom is 0.271 e. The fraction of sp³-hybridized carbons (Fsp3) is 0.615. The third-order valence-corrected chi connectivity index (χ3v) is 3.72. The summed E-state index contributed by atoms with van der Waals surface area (Å²) in [5.41, 5.74) is 2.69. The molecule has 1 amide bonds. The molecule has 7 heteroatoms. The van der Waals surface area contributed by atoms with Crippen molar-refractivity contribution in [2.45, 2.75) is 19.3 Å². The zero-order valence-corrected chi connectivity index (χ0v) is 11.8. The summed E-state index contributed by atoms with van der Waals surface area (Å²) >= 11 is 0. The maximum absolute atomic E-state index is 11.9. The molecule has 2 rings (SSSR count). The van der Waals surface area contributed by atoms with Gasteiger partial charge in [0.1, 0.15) is 0 Å². The molecule has 0 atom stereocenters. The Morgan fingerprint density at radius 1 is 1.40 bits per heavy atom. The molecule has 0 radical (unpaired) electrons. The van der Waals surface area contributed by atoms with Crippen molar-refractivity contribution in [1.29, 1.82) is 0 Å². The predicted molar refractivity (Wildman–Crippen MR) is 77.0 cm³/mol. The highest BCUT2D eigenvalue weighted by atomic mass is 16.1. The van der Waals surface area contributed by atoms with Crippen molar-refractivity contribution in [3.63, 3.8) is 0 Å². The van der Waals surface area contributed by atoms with E-state index in [-0.39, 0.29) is 5.91 Å². The van der Waals surface area contributed by atoms with Crippen molar-refractivity contribution in [2.75, 3.05) is 32.1 Å². The molecule has 1 aliphatic heterocycles. The Labute approximate surface area is 118 Å². The van der Waals surface area contributed by atoms with Crippen LogP contribution in [0.25, 0.3) is 0 Å². The van der Waals surface area contributed by atoms with Crippen LogP contribution in [0, 0.1) is 5.92 Å². The zero-order valence-electron chi connectivity index (χ0n) is 11.8. The first-order valence-electron chi connectivity index (χ1n) is 6.96. The van der Waals surface area contributed by atoms with Gasteiger partial charge in [0.05, 0.1) is 0 Å². The molecule has 0 bridgehead atoms. The van der Waals surface area contributed by atoms with E-state index in [1.165, 1.54) is 12.8 Å². The van der Waals surface area contributed by atoms with Gasteiger partial charge < -0.3 is 15.6 Å². The molecule has 1 aromatic rings. The Hall–Kier alpha value is -1.73. The molecular weight excluding hydrogens is 256 g/mol. The second-order valence-corrected chi connectivity index (χ2v) is 5.24. The van der Waals surface area contributed by atoms with Gasteiger partial charge in [0.15, 0.2) is 11.5 Å². The van der Waals surface area contributed by atoms with Gasteiger partial charge in [-0.15, -0.1) is 10.2 Å². The molecule has 1 aromatic heterocycles. The molecule has 2 heterocycles. The van der Waals surface area contributed by atoms with E-state index in [9.17, 15) is 4.79 Å². The number of nitrogen functional groups attached to an aromatic ring is 1. The lowest BCUT2D eigenvalue weighted by molar-refractivity contribution is 0.0943. The highest BCUT2D eigenvalue weighted by Crippen LogP contribution is 2.18. The number of nitrogens with two attached hydrogens (primary N) is 1. The third-order valence-electron chi connectivity index (χ3n) is 3.72. The normalized spacial score (nSPS) is 16.9. The number of hydrogen-bond donors (Lipinski definition) is 3. The number of nitrogens with one attached hydrogen (secondary N) is 2. The van der Waals surface area contributed by atoms with Crippen LogP contribution in [0.4, 0.5) is 5.82 Å². The second kappa shape index (κ2) is 7.16. The van der Waals surface area contributed by atoms with Crippen LogP contribution in [0.1, 0.15) is 29.8 Å². The van der Waals surface area contributed by atoms with Crippen LogP contribution in [0.2, 0.25) is 0 Å². The van der Waals surface area contributed by atoms with Gasteiger partial charge >= 0.3 is 0 Å². The number of hydrogen-bond acceptors (Lipinski definition) is 6. The number of carbonyl (C=O) groups is 1. The average Bonchev–Trinajstić information content (AvgIpc) is 2.49. The Kier molecular flexibility index (Phi) is 5.25. The Morgan fingerprint density at radius 2 is 2.15 bits per heavy atom. The lowest BCUT2D eigenvalue weighted by atomic mass is 9.94. The lowest BCUT2D eigenvalue weighted by Gasteiger charge is -2.28. The minimum Gasteiger partial charge on any atom is -0.351 e. The van der Waals surface area contributed by atoms with Gasteiger partial charge in [-0.25, -0.2) is 5.84 Å². The summed E-state index contributed by atoms with van der Waals surface area (Å²) in [6.07, 6.45) is 3.45. The summed E-state index contributed by atoms with van der Waals surface area (Å²) in [4.78, 5) is 14.2. The van der Waals surface area contributed by atoms with E-state index in [0.717, 1.165) is 19.5 Å². The molecule has 0 spiro atoms. The molecule has 0 aromatic carbocycles. The van der Waals surface area contributed by atoms with Crippen LogP contribution >= 0.6 is 0 Å². The summed E-state index contributed by atoms with van der Waals surface area (Å²) in [6.45, 7) is 2.99. The van der Waals surface area contributed by atoms with E-state index >= 15 is 0 Å². The molecule has 0 aliphatic carbocycles. The van der Waals surface area contributed by atoms with E-state index in [1.807, 2.05) is 0 Å². The number of carbonyl (C=O) groups excluding carboxylic acids is 1. The first-order chi connectivity index (χ1) is 9.69. The SMILES string of the molecule is CN1CCC(CCNC(=O)c2ccc(NN)nn2)CC1. The van der Waals surface area contributed by atoms with Crippen molar-refractivity contribution in [3.05, 3.63) is 17.8 Å². The summed E-state index contributed by atoms with van der Waals surface area (Å²) in [5, 5.41) is 10.5. The molecule has 7 nitrogen and oxygen atoms in total. The van der Waals surface area contributed by atoms with E-state index in [1.54, 1.807) is 12.1 Å². The fourth-order valence-corrected chi connectivity index (χ4v) is 2.36. The van der Waals surface area contributed by atoms with Crippen LogP contribution in [0.3, 0.4) is 0 Å². The number of aromatic nitrogens is 2. The minimum absolute atomic E-state index is 0.186. The van der Waals surface area contributed by atoms with Gasteiger partial charge in [-0.1, -0.05) is 0 Å². The van der Waals surface area contributed by atoms with E-state index in [4.69, 9.17) is 5.84 Å². The third kappa shape index (κ3) is 4.14. The van der Waals surface area contributed by atoms with Crippen molar-refractivity contribution >= 4 is 11.7 Å². The van der Waals surface area contributed by atoms with Crippen LogP contribution < -0.4 is 16.6 Å². The largest absolute Gasteiger partial charge is 0.351 e. The highest BCUT2D eigenvalue weighted by Gasteiger charge is 2.16. The lowest BCUT2D eigenvalue weighted by Crippen LogP contribution is -2.33. The Bertz CT molecular complexity index is 427. The number of hydrazine groups is 1. The molecule has 4 N–H and O–H groups in total. The Balaban J connectivity index is 1.71. The van der Waals surface area contributed by atoms with Crippen LogP contribution in [-0.4, -0.2) is 47.7 Å². The first kappa shape index (κ1) is 14.7. The number of amides is 1. The number of piperidine rings is 1. The highest BCUT2D eigenvalue weighted by molar-refractivity contribution is 5.92. The fourth-order valence-electron chi connectivity index (χ4n) is 2.36. The predicted octanol–water partition coefficient (Wildman–Crippen LogP) is 0.224. The van der Waals surface area contributed by atoms with Gasteiger partial charge in [0.25, 0.3) is 5.91 Å². The number of anilines is 1. The molecule has 20 heavy (non-hydrogen) atoms. The smallest absolute Gasteiger partial charge is 0.271 e. The topological polar surface area (TPSA) is 96.2 Å². The van der Waals surface area contributed by atoms with Gasteiger partial charge in [-0.05, 0) is 57.5 Å². The number of likely N-dealkylation sites (tertiary alicyclic amines) is 1. The first-order valence-corrected chi connectivity index (χ1v) is 6.96. The molecule has 110 valence electrons. The summed E-state index contributed by atoms with van der Waals surface area (Å²) in [7, 11) is 2.15. The summed E-state index contributed by atoms with van der Waals surface area (Å²) in [5.74, 6) is 6.15. The van der Waals surface area contributed by atoms with E-state index in [0.29, 0.717) is 24.0 Å². The molecular formula is C13H22N6O. The van der Waals surface area contributed by atoms with E-state index in [2.05, 4.69) is 32.9 Å². The number of rotatable bonds is 5. The van der Waals surface area contributed by atoms with Crippen LogP contribution in [0.15, 0.2) is 12.1 Å². The Morgan fingerprint density at radius 3 is 2.75 bits per heavy atom.